The zero-order chi connectivity index (χ0) is 13.2. The summed E-state index contributed by atoms with van der Waals surface area (Å²) in [6.45, 7) is 3.41. The van der Waals surface area contributed by atoms with Gasteiger partial charge >= 0.3 is 0 Å². The fraction of sp³-hybridized carbons (Fsp3) is 0.294. The summed E-state index contributed by atoms with van der Waals surface area (Å²) in [5.41, 5.74) is 2.83. The number of halogens is 1. The first-order valence-corrected chi connectivity index (χ1v) is 7.67. The lowest BCUT2D eigenvalue weighted by molar-refractivity contribution is 0.481. The quantitative estimate of drug-likeness (QED) is 0.721. The molecule has 1 nitrogen and oxygen atoms in total. The van der Waals surface area contributed by atoms with Crippen LogP contribution in [-0.4, -0.2) is 11.4 Å². The molecule has 3 atom stereocenters. The van der Waals surface area contributed by atoms with Crippen LogP contribution in [0.4, 0.5) is 0 Å². The summed E-state index contributed by atoms with van der Waals surface area (Å²) in [5, 5.41) is 0. The summed E-state index contributed by atoms with van der Waals surface area (Å²) in [6, 6.07) is 20.5. The van der Waals surface area contributed by atoms with Crippen LogP contribution in [-0.2, 0) is 0 Å². The molecule has 0 aliphatic carbocycles. The Kier molecular flexibility index (Phi) is 3.72. The van der Waals surface area contributed by atoms with Gasteiger partial charge in [-0.15, -0.1) is 0 Å². The summed E-state index contributed by atoms with van der Waals surface area (Å²) in [4.78, 5) is 2.58. The molecule has 1 saturated heterocycles. The molecular formula is C17H18BrN. The van der Waals surface area contributed by atoms with Crippen LogP contribution in [0.2, 0.25) is 0 Å². The van der Waals surface area contributed by atoms with Crippen molar-refractivity contribution in [3.63, 3.8) is 0 Å². The van der Waals surface area contributed by atoms with E-state index in [1.807, 2.05) is 0 Å². The maximum Gasteiger partial charge on any atom is 0.0563 e. The Bertz CT molecular complexity index is 552. The van der Waals surface area contributed by atoms with Crippen molar-refractivity contribution in [3.05, 3.63) is 70.2 Å². The Balaban J connectivity index is 1.91. The normalized spacial score (nSPS) is 25.3. The van der Waals surface area contributed by atoms with Crippen molar-refractivity contribution in [1.29, 1.82) is 0 Å². The van der Waals surface area contributed by atoms with Gasteiger partial charge in [-0.1, -0.05) is 71.4 Å². The van der Waals surface area contributed by atoms with Gasteiger partial charge in [-0.2, -0.15) is 0 Å². The van der Waals surface area contributed by atoms with Gasteiger partial charge in [-0.25, -0.2) is 0 Å². The lowest BCUT2D eigenvalue weighted by Gasteiger charge is -2.03. The van der Waals surface area contributed by atoms with E-state index < -0.39 is 0 Å². The average Bonchev–Trinajstić information content (AvgIpc) is 3.14. The molecule has 98 valence electrons. The zero-order valence-corrected chi connectivity index (χ0v) is 12.7. The van der Waals surface area contributed by atoms with Gasteiger partial charge in [0.05, 0.1) is 12.1 Å². The second-order valence-electron chi connectivity index (χ2n) is 5.06. The van der Waals surface area contributed by atoms with Crippen LogP contribution in [0, 0.1) is 0 Å². The Labute approximate surface area is 123 Å². The van der Waals surface area contributed by atoms with Gasteiger partial charge in [0.15, 0.2) is 0 Å². The minimum absolute atomic E-state index is 0.526. The minimum atomic E-state index is 0.526. The highest BCUT2D eigenvalue weighted by Crippen LogP contribution is 2.55. The molecule has 0 aromatic heterocycles. The van der Waals surface area contributed by atoms with Crippen molar-refractivity contribution in [2.45, 2.75) is 25.4 Å². The molecule has 1 unspecified atom stereocenters. The molecule has 2 aromatic carbocycles. The number of rotatable bonds is 4. The van der Waals surface area contributed by atoms with Crippen LogP contribution in [0.25, 0.3) is 0 Å². The second kappa shape index (κ2) is 5.48. The molecule has 0 radical (unpaired) electrons. The predicted octanol–water partition coefficient (Wildman–Crippen LogP) is 4.96. The highest BCUT2D eigenvalue weighted by molar-refractivity contribution is 9.10. The predicted molar refractivity (Wildman–Crippen MR) is 83.1 cm³/mol. The molecule has 0 amide bonds. The smallest absolute Gasteiger partial charge is 0.0563 e. The summed E-state index contributed by atoms with van der Waals surface area (Å²) in [6.07, 6.45) is 1.20. The number of benzene rings is 2. The van der Waals surface area contributed by atoms with E-state index in [1.165, 1.54) is 22.0 Å². The van der Waals surface area contributed by atoms with Crippen molar-refractivity contribution in [3.8, 4) is 0 Å². The molecule has 1 aliphatic rings. The number of hydrogen-bond acceptors (Lipinski definition) is 1. The summed E-state index contributed by atoms with van der Waals surface area (Å²) < 4.78 is 1.22. The van der Waals surface area contributed by atoms with Gasteiger partial charge in [-0.3, -0.25) is 4.90 Å². The zero-order valence-electron chi connectivity index (χ0n) is 11.1. The fourth-order valence-corrected chi connectivity index (χ4v) is 3.42. The SMILES string of the molecule is CCCN1[C@@H](c2ccccc2)[C@@H]1c1ccccc1Br. The molecule has 2 heteroatoms. The van der Waals surface area contributed by atoms with E-state index in [4.69, 9.17) is 0 Å². The number of nitrogens with zero attached hydrogens (tertiary/aromatic N) is 1. The average molecular weight is 316 g/mol. The molecule has 1 heterocycles. The second-order valence-corrected chi connectivity index (χ2v) is 5.91. The van der Waals surface area contributed by atoms with E-state index in [0.717, 1.165) is 6.54 Å². The molecule has 0 saturated carbocycles. The molecule has 0 N–H and O–H groups in total. The molecule has 0 bridgehead atoms. The Morgan fingerprint density at radius 2 is 1.63 bits per heavy atom. The molecular weight excluding hydrogens is 298 g/mol. The molecule has 0 spiro atoms. The van der Waals surface area contributed by atoms with Crippen LogP contribution < -0.4 is 0 Å². The van der Waals surface area contributed by atoms with E-state index in [1.54, 1.807) is 0 Å². The van der Waals surface area contributed by atoms with E-state index in [-0.39, 0.29) is 0 Å². The molecule has 19 heavy (non-hydrogen) atoms. The van der Waals surface area contributed by atoms with E-state index in [9.17, 15) is 0 Å². The third-order valence-electron chi connectivity index (χ3n) is 3.77. The Morgan fingerprint density at radius 3 is 2.32 bits per heavy atom. The Hall–Kier alpha value is -1.12. The van der Waals surface area contributed by atoms with Gasteiger partial charge in [-0.05, 0) is 30.2 Å². The first-order valence-electron chi connectivity index (χ1n) is 6.88. The lowest BCUT2D eigenvalue weighted by atomic mass is 10.0. The highest BCUT2D eigenvalue weighted by atomic mass is 79.9. The van der Waals surface area contributed by atoms with Crippen molar-refractivity contribution in [2.75, 3.05) is 6.54 Å². The van der Waals surface area contributed by atoms with E-state index >= 15 is 0 Å². The third-order valence-corrected chi connectivity index (χ3v) is 4.49. The van der Waals surface area contributed by atoms with E-state index in [2.05, 4.69) is 82.4 Å². The van der Waals surface area contributed by atoms with Crippen molar-refractivity contribution in [1.82, 2.24) is 4.90 Å². The largest absolute Gasteiger partial charge is 0.285 e. The van der Waals surface area contributed by atoms with Gasteiger partial charge < -0.3 is 0 Å². The Morgan fingerprint density at radius 1 is 0.947 bits per heavy atom. The maximum atomic E-state index is 3.69. The van der Waals surface area contributed by atoms with Crippen molar-refractivity contribution in [2.24, 2.45) is 0 Å². The fourth-order valence-electron chi connectivity index (χ4n) is 2.90. The van der Waals surface area contributed by atoms with Crippen LogP contribution in [0.15, 0.2) is 59.1 Å². The standard InChI is InChI=1S/C17H18BrN/c1-2-12-19-16(13-8-4-3-5-9-13)17(19)14-10-6-7-11-15(14)18/h3-11,16-17H,2,12H2,1H3/t16-,17-,19?/m0/s1. The maximum absolute atomic E-state index is 3.69. The van der Waals surface area contributed by atoms with E-state index in [0.29, 0.717) is 12.1 Å². The summed E-state index contributed by atoms with van der Waals surface area (Å²) in [5.74, 6) is 0. The first kappa shape index (κ1) is 12.9. The van der Waals surface area contributed by atoms with Crippen LogP contribution >= 0.6 is 15.9 Å². The van der Waals surface area contributed by atoms with Gasteiger partial charge in [0.25, 0.3) is 0 Å². The first-order chi connectivity index (χ1) is 9.33. The van der Waals surface area contributed by atoms with Gasteiger partial charge in [0, 0.05) is 4.47 Å². The number of hydrogen-bond donors (Lipinski definition) is 0. The lowest BCUT2D eigenvalue weighted by Crippen LogP contribution is -2.00. The van der Waals surface area contributed by atoms with Gasteiger partial charge in [0.2, 0.25) is 0 Å². The van der Waals surface area contributed by atoms with Crippen LogP contribution in [0.3, 0.4) is 0 Å². The molecule has 1 aliphatic heterocycles. The molecule has 1 fully saturated rings. The third kappa shape index (κ3) is 2.47. The summed E-state index contributed by atoms with van der Waals surface area (Å²) >= 11 is 3.69. The van der Waals surface area contributed by atoms with Crippen molar-refractivity contribution < 1.29 is 0 Å². The summed E-state index contributed by atoms with van der Waals surface area (Å²) in [7, 11) is 0. The topological polar surface area (TPSA) is 3.01 Å². The highest BCUT2D eigenvalue weighted by Gasteiger charge is 2.48. The molecule has 3 rings (SSSR count). The van der Waals surface area contributed by atoms with Gasteiger partial charge in [0.1, 0.15) is 0 Å². The van der Waals surface area contributed by atoms with Crippen LogP contribution in [0.1, 0.15) is 36.6 Å². The minimum Gasteiger partial charge on any atom is -0.285 e. The monoisotopic (exact) mass is 315 g/mol. The van der Waals surface area contributed by atoms with Crippen molar-refractivity contribution >= 4 is 15.9 Å². The van der Waals surface area contributed by atoms with Crippen LogP contribution in [0.5, 0.6) is 0 Å². The molecule has 2 aromatic rings.